The first kappa shape index (κ1) is 21.0. The molecule has 2 aromatic carbocycles. The Hall–Kier alpha value is -2.74. The highest BCUT2D eigenvalue weighted by atomic mass is 32.2. The molecule has 1 aliphatic rings. The Morgan fingerprint density at radius 3 is 2.07 bits per heavy atom. The number of benzene rings is 2. The SMILES string of the molecule is Cc1ccc(S(C)(=O)=O)cc1C(=O)N1CCCN(C(=O)c2ccccc2F)CC1. The summed E-state index contributed by atoms with van der Waals surface area (Å²) in [5, 5.41) is 0. The lowest BCUT2D eigenvalue weighted by Crippen LogP contribution is -2.37. The molecule has 3 rings (SSSR count). The summed E-state index contributed by atoms with van der Waals surface area (Å²) < 4.78 is 37.6. The Kier molecular flexibility index (Phi) is 6.02. The number of carbonyl (C=O) groups excluding carboxylic acids is 2. The summed E-state index contributed by atoms with van der Waals surface area (Å²) in [5.41, 5.74) is 1.04. The molecule has 6 nitrogen and oxygen atoms in total. The molecular weight excluding hydrogens is 395 g/mol. The lowest BCUT2D eigenvalue weighted by Gasteiger charge is -2.23. The fourth-order valence-corrected chi connectivity index (χ4v) is 4.01. The standard InChI is InChI=1S/C21H23FN2O4S/c1-15-8-9-16(29(2,27)28)14-18(15)21(26)24-11-5-10-23(12-13-24)20(25)17-6-3-4-7-19(17)22/h3-4,6-9,14H,5,10-13H2,1-2H3. The lowest BCUT2D eigenvalue weighted by atomic mass is 10.1. The van der Waals surface area contributed by atoms with E-state index in [4.69, 9.17) is 0 Å². The summed E-state index contributed by atoms with van der Waals surface area (Å²) in [6, 6.07) is 10.3. The van der Waals surface area contributed by atoms with Gasteiger partial charge >= 0.3 is 0 Å². The monoisotopic (exact) mass is 418 g/mol. The van der Waals surface area contributed by atoms with Crippen molar-refractivity contribution in [2.24, 2.45) is 0 Å². The van der Waals surface area contributed by atoms with Gasteiger partial charge in [0.15, 0.2) is 9.84 Å². The normalized spacial score (nSPS) is 15.1. The van der Waals surface area contributed by atoms with E-state index in [1.165, 1.54) is 30.3 Å². The van der Waals surface area contributed by atoms with E-state index in [-0.39, 0.29) is 22.9 Å². The quantitative estimate of drug-likeness (QED) is 0.768. The highest BCUT2D eigenvalue weighted by Crippen LogP contribution is 2.19. The first-order chi connectivity index (χ1) is 13.7. The average Bonchev–Trinajstić information content (AvgIpc) is 2.93. The second-order valence-electron chi connectivity index (χ2n) is 7.17. The minimum absolute atomic E-state index is 0.0176. The highest BCUT2D eigenvalue weighted by molar-refractivity contribution is 7.90. The lowest BCUT2D eigenvalue weighted by molar-refractivity contribution is 0.0715. The number of hydrogen-bond acceptors (Lipinski definition) is 4. The summed E-state index contributed by atoms with van der Waals surface area (Å²) in [5.74, 6) is -1.23. The molecule has 0 saturated carbocycles. The van der Waals surface area contributed by atoms with Gasteiger partial charge in [0.05, 0.1) is 10.5 Å². The van der Waals surface area contributed by atoms with E-state index >= 15 is 0 Å². The van der Waals surface area contributed by atoms with Crippen LogP contribution in [0.5, 0.6) is 0 Å². The zero-order valence-electron chi connectivity index (χ0n) is 16.4. The van der Waals surface area contributed by atoms with Crippen LogP contribution in [-0.2, 0) is 9.84 Å². The summed E-state index contributed by atoms with van der Waals surface area (Å²) in [7, 11) is -3.43. The molecule has 2 aromatic rings. The number of amides is 2. The molecule has 0 aromatic heterocycles. The molecule has 0 spiro atoms. The first-order valence-electron chi connectivity index (χ1n) is 9.32. The predicted octanol–water partition coefficient (Wildman–Crippen LogP) is 2.53. The van der Waals surface area contributed by atoms with Crippen molar-refractivity contribution in [3.8, 4) is 0 Å². The number of rotatable bonds is 3. The number of carbonyl (C=O) groups is 2. The zero-order chi connectivity index (χ0) is 21.2. The van der Waals surface area contributed by atoms with Crippen molar-refractivity contribution in [1.82, 2.24) is 9.80 Å². The van der Waals surface area contributed by atoms with Crippen molar-refractivity contribution >= 4 is 21.7 Å². The van der Waals surface area contributed by atoms with Gasteiger partial charge in [0.25, 0.3) is 11.8 Å². The van der Waals surface area contributed by atoms with Gasteiger partial charge in [-0.25, -0.2) is 12.8 Å². The fourth-order valence-electron chi connectivity index (χ4n) is 3.36. The summed E-state index contributed by atoms with van der Waals surface area (Å²) in [6.07, 6.45) is 1.65. The maximum absolute atomic E-state index is 13.9. The Balaban J connectivity index is 1.77. The molecule has 2 amide bonds. The number of nitrogens with zero attached hydrogens (tertiary/aromatic N) is 2. The summed E-state index contributed by atoms with van der Waals surface area (Å²) >= 11 is 0. The third kappa shape index (κ3) is 4.64. The summed E-state index contributed by atoms with van der Waals surface area (Å²) in [6.45, 7) is 3.18. The van der Waals surface area contributed by atoms with E-state index in [0.717, 1.165) is 6.26 Å². The van der Waals surface area contributed by atoms with Gasteiger partial charge in [-0.3, -0.25) is 9.59 Å². The average molecular weight is 418 g/mol. The molecular formula is C21H23FN2O4S. The van der Waals surface area contributed by atoms with E-state index in [0.29, 0.717) is 37.2 Å². The van der Waals surface area contributed by atoms with Crippen LogP contribution in [0.2, 0.25) is 0 Å². The van der Waals surface area contributed by atoms with Crippen molar-refractivity contribution in [3.63, 3.8) is 0 Å². The van der Waals surface area contributed by atoms with Crippen molar-refractivity contribution < 1.29 is 22.4 Å². The van der Waals surface area contributed by atoms with Crippen LogP contribution in [0.3, 0.4) is 0 Å². The molecule has 1 saturated heterocycles. The van der Waals surface area contributed by atoms with Crippen molar-refractivity contribution in [2.45, 2.75) is 18.2 Å². The van der Waals surface area contributed by atoms with Crippen LogP contribution >= 0.6 is 0 Å². The topological polar surface area (TPSA) is 74.8 Å². The van der Waals surface area contributed by atoms with Crippen LogP contribution in [0.25, 0.3) is 0 Å². The van der Waals surface area contributed by atoms with Gasteiger partial charge in [0, 0.05) is 38.0 Å². The summed E-state index contributed by atoms with van der Waals surface area (Å²) in [4.78, 5) is 28.9. The molecule has 1 heterocycles. The van der Waals surface area contributed by atoms with Gasteiger partial charge in [-0.05, 0) is 43.2 Å². The predicted molar refractivity (Wildman–Crippen MR) is 107 cm³/mol. The van der Waals surface area contributed by atoms with Gasteiger partial charge in [-0.1, -0.05) is 18.2 Å². The minimum Gasteiger partial charge on any atom is -0.337 e. The molecule has 0 atom stereocenters. The van der Waals surface area contributed by atoms with E-state index in [1.54, 1.807) is 28.9 Å². The number of aryl methyl sites for hydroxylation is 1. The van der Waals surface area contributed by atoms with Crippen molar-refractivity contribution in [3.05, 3.63) is 65.0 Å². The molecule has 0 radical (unpaired) electrons. The fraction of sp³-hybridized carbons (Fsp3) is 0.333. The van der Waals surface area contributed by atoms with Crippen molar-refractivity contribution in [1.29, 1.82) is 0 Å². The second-order valence-corrected chi connectivity index (χ2v) is 9.18. The van der Waals surface area contributed by atoms with Crippen LogP contribution in [-0.4, -0.2) is 62.5 Å². The van der Waals surface area contributed by atoms with Crippen LogP contribution in [0.4, 0.5) is 4.39 Å². The Bertz CT molecular complexity index is 1050. The Morgan fingerprint density at radius 2 is 1.48 bits per heavy atom. The Morgan fingerprint density at radius 1 is 0.897 bits per heavy atom. The van der Waals surface area contributed by atoms with Gasteiger partial charge in [-0.2, -0.15) is 0 Å². The van der Waals surface area contributed by atoms with Crippen molar-refractivity contribution in [2.75, 3.05) is 32.4 Å². The van der Waals surface area contributed by atoms with E-state index in [9.17, 15) is 22.4 Å². The third-order valence-corrected chi connectivity index (χ3v) is 6.15. The smallest absolute Gasteiger partial charge is 0.256 e. The van der Waals surface area contributed by atoms with Crippen LogP contribution in [0.1, 0.15) is 32.7 Å². The molecule has 8 heteroatoms. The van der Waals surface area contributed by atoms with Gasteiger partial charge in [0.1, 0.15) is 5.82 Å². The zero-order valence-corrected chi connectivity index (χ0v) is 17.2. The second kappa shape index (κ2) is 8.32. The van der Waals surface area contributed by atoms with Crippen LogP contribution in [0.15, 0.2) is 47.4 Å². The maximum atomic E-state index is 13.9. The molecule has 0 bridgehead atoms. The van der Waals surface area contributed by atoms with E-state index < -0.39 is 21.6 Å². The molecule has 0 N–H and O–H groups in total. The highest BCUT2D eigenvalue weighted by Gasteiger charge is 2.26. The van der Waals surface area contributed by atoms with Gasteiger partial charge in [-0.15, -0.1) is 0 Å². The van der Waals surface area contributed by atoms with E-state index in [1.807, 2.05) is 0 Å². The molecule has 1 aliphatic heterocycles. The maximum Gasteiger partial charge on any atom is 0.256 e. The van der Waals surface area contributed by atoms with Crippen LogP contribution in [0, 0.1) is 12.7 Å². The number of hydrogen-bond donors (Lipinski definition) is 0. The van der Waals surface area contributed by atoms with E-state index in [2.05, 4.69) is 0 Å². The van der Waals surface area contributed by atoms with Gasteiger partial charge < -0.3 is 9.80 Å². The molecule has 29 heavy (non-hydrogen) atoms. The Labute approximate surface area is 169 Å². The molecule has 0 unspecified atom stereocenters. The molecule has 0 aliphatic carbocycles. The minimum atomic E-state index is -3.43. The molecule has 154 valence electrons. The third-order valence-electron chi connectivity index (χ3n) is 5.04. The number of sulfone groups is 1. The first-order valence-corrected chi connectivity index (χ1v) is 11.2. The van der Waals surface area contributed by atoms with Crippen LogP contribution < -0.4 is 0 Å². The molecule has 1 fully saturated rings. The number of halogens is 1. The van der Waals surface area contributed by atoms with Gasteiger partial charge in [0.2, 0.25) is 0 Å². The largest absolute Gasteiger partial charge is 0.337 e.